The molecule has 108 valence electrons. The molecule has 1 saturated heterocycles. The highest BCUT2D eigenvalue weighted by atomic mass is 16.5. The lowest BCUT2D eigenvalue weighted by atomic mass is 9.99. The Bertz CT molecular complexity index is 469. The Hall–Kier alpha value is -1.34. The fourth-order valence-corrected chi connectivity index (χ4v) is 2.63. The molecule has 1 aromatic carbocycles. The summed E-state index contributed by atoms with van der Waals surface area (Å²) < 4.78 is 5.40. The lowest BCUT2D eigenvalue weighted by Crippen LogP contribution is -2.29. The minimum absolute atomic E-state index is 0.0894. The zero-order valence-electron chi connectivity index (χ0n) is 12.1. The van der Waals surface area contributed by atoms with E-state index >= 15 is 0 Å². The summed E-state index contributed by atoms with van der Waals surface area (Å²) in [5, 5.41) is 8.73. The highest BCUT2D eigenvalue weighted by Crippen LogP contribution is 2.16. The largest absolute Gasteiger partial charge is 0.384 e. The average molecular weight is 273 g/mol. The number of hydrogen-bond donors (Lipinski definition) is 1. The average Bonchev–Trinajstić information content (AvgIpc) is 2.46. The van der Waals surface area contributed by atoms with E-state index in [1.807, 2.05) is 12.1 Å². The van der Waals surface area contributed by atoms with Crippen LogP contribution in [0.25, 0.3) is 0 Å². The fourth-order valence-electron chi connectivity index (χ4n) is 2.63. The van der Waals surface area contributed by atoms with Crippen LogP contribution in [0.2, 0.25) is 0 Å². The molecule has 3 heteroatoms. The summed E-state index contributed by atoms with van der Waals surface area (Å²) in [6, 6.07) is 8.23. The van der Waals surface area contributed by atoms with Gasteiger partial charge < -0.3 is 14.7 Å². The summed E-state index contributed by atoms with van der Waals surface area (Å²) in [6.45, 7) is 3.78. The van der Waals surface area contributed by atoms with Crippen molar-refractivity contribution in [3.8, 4) is 11.8 Å². The molecule has 0 aromatic heterocycles. The third-order valence-corrected chi connectivity index (χ3v) is 3.60. The monoisotopic (exact) mass is 273 g/mol. The van der Waals surface area contributed by atoms with Crippen molar-refractivity contribution >= 4 is 0 Å². The lowest BCUT2D eigenvalue weighted by molar-refractivity contribution is 0.0549. The molecule has 0 unspecified atom stereocenters. The second kappa shape index (κ2) is 8.06. The van der Waals surface area contributed by atoms with Crippen LogP contribution in [0.15, 0.2) is 24.3 Å². The number of nitrogens with zero attached hydrogens (tertiary/aromatic N) is 1. The van der Waals surface area contributed by atoms with Gasteiger partial charge >= 0.3 is 0 Å². The summed E-state index contributed by atoms with van der Waals surface area (Å²) >= 11 is 0. The van der Waals surface area contributed by atoms with Crippen LogP contribution in [0, 0.1) is 17.8 Å². The third-order valence-electron chi connectivity index (χ3n) is 3.60. The molecule has 1 N–H and O–H groups in total. The summed E-state index contributed by atoms with van der Waals surface area (Å²) in [5.74, 6) is 6.40. The fraction of sp³-hybridized carbons (Fsp3) is 0.529. The van der Waals surface area contributed by atoms with E-state index in [2.05, 4.69) is 35.9 Å². The number of aliphatic hydroxyl groups excluding tert-OH is 1. The third kappa shape index (κ3) is 4.97. The van der Waals surface area contributed by atoms with Gasteiger partial charge in [0.25, 0.3) is 0 Å². The van der Waals surface area contributed by atoms with Gasteiger partial charge in [0.1, 0.15) is 6.61 Å². The number of rotatable bonds is 4. The predicted octanol–water partition coefficient (Wildman–Crippen LogP) is 1.89. The molecular weight excluding hydrogens is 250 g/mol. The first kappa shape index (κ1) is 15.1. The standard InChI is InChI=1S/C17H23NO2/c1-18(13-16-7-10-20-11-8-16)14-17-5-2-4-15(12-17)6-3-9-19/h2,4-5,12,16,19H,7-11,13-14H2,1H3. The number of aliphatic hydroxyl groups is 1. The van der Waals surface area contributed by atoms with E-state index in [1.54, 1.807) is 0 Å². The Morgan fingerprint density at radius 3 is 2.90 bits per heavy atom. The molecule has 20 heavy (non-hydrogen) atoms. The Balaban J connectivity index is 1.88. The summed E-state index contributed by atoms with van der Waals surface area (Å²) in [6.07, 6.45) is 2.35. The van der Waals surface area contributed by atoms with E-state index in [4.69, 9.17) is 9.84 Å². The molecule has 0 aliphatic carbocycles. The highest BCUT2D eigenvalue weighted by molar-refractivity contribution is 5.37. The molecule has 1 aromatic rings. The van der Waals surface area contributed by atoms with E-state index in [-0.39, 0.29) is 6.61 Å². The number of ether oxygens (including phenoxy) is 1. The summed E-state index contributed by atoms with van der Waals surface area (Å²) in [5.41, 5.74) is 2.24. The predicted molar refractivity (Wildman–Crippen MR) is 80.3 cm³/mol. The lowest BCUT2D eigenvalue weighted by Gasteiger charge is -2.27. The van der Waals surface area contributed by atoms with Gasteiger partial charge in [-0.1, -0.05) is 24.0 Å². The second-order valence-electron chi connectivity index (χ2n) is 5.41. The number of hydrogen-bond acceptors (Lipinski definition) is 3. The maximum absolute atomic E-state index is 8.73. The van der Waals surface area contributed by atoms with E-state index in [0.29, 0.717) is 0 Å². The minimum Gasteiger partial charge on any atom is -0.384 e. The van der Waals surface area contributed by atoms with Crippen molar-refractivity contribution in [1.82, 2.24) is 4.90 Å². The van der Waals surface area contributed by atoms with Crippen LogP contribution in [-0.4, -0.2) is 43.4 Å². The first-order valence-electron chi connectivity index (χ1n) is 7.23. The van der Waals surface area contributed by atoms with Crippen molar-refractivity contribution < 1.29 is 9.84 Å². The molecule has 1 heterocycles. The molecule has 0 saturated carbocycles. The van der Waals surface area contributed by atoms with Crippen LogP contribution in [0.5, 0.6) is 0 Å². The molecule has 0 spiro atoms. The first-order valence-corrected chi connectivity index (χ1v) is 7.23. The normalized spacial score (nSPS) is 15.9. The Kier molecular flexibility index (Phi) is 6.07. The van der Waals surface area contributed by atoms with Gasteiger partial charge in [-0.05, 0) is 43.5 Å². The molecule has 2 rings (SSSR count). The van der Waals surface area contributed by atoms with Crippen molar-refractivity contribution in [3.63, 3.8) is 0 Å². The highest BCUT2D eigenvalue weighted by Gasteiger charge is 2.15. The Labute approximate surface area is 121 Å². The first-order chi connectivity index (χ1) is 9.78. The van der Waals surface area contributed by atoms with Gasteiger partial charge in [-0.3, -0.25) is 0 Å². The van der Waals surface area contributed by atoms with E-state index in [9.17, 15) is 0 Å². The second-order valence-corrected chi connectivity index (χ2v) is 5.41. The van der Waals surface area contributed by atoms with Crippen LogP contribution >= 0.6 is 0 Å². The van der Waals surface area contributed by atoms with Crippen molar-refractivity contribution in [1.29, 1.82) is 0 Å². The quantitative estimate of drug-likeness (QED) is 0.850. The van der Waals surface area contributed by atoms with Crippen molar-refractivity contribution in [2.45, 2.75) is 19.4 Å². The molecule has 0 bridgehead atoms. The van der Waals surface area contributed by atoms with Crippen LogP contribution in [0.3, 0.4) is 0 Å². The minimum atomic E-state index is -0.0894. The summed E-state index contributed by atoms with van der Waals surface area (Å²) in [4.78, 5) is 2.37. The van der Waals surface area contributed by atoms with Crippen LogP contribution in [-0.2, 0) is 11.3 Å². The van der Waals surface area contributed by atoms with Gasteiger partial charge in [0.05, 0.1) is 0 Å². The smallest absolute Gasteiger partial charge is 0.104 e. The Morgan fingerprint density at radius 2 is 2.15 bits per heavy atom. The van der Waals surface area contributed by atoms with Crippen molar-refractivity contribution in [2.24, 2.45) is 5.92 Å². The van der Waals surface area contributed by atoms with Crippen molar-refractivity contribution in [3.05, 3.63) is 35.4 Å². The maximum atomic E-state index is 8.73. The van der Waals surface area contributed by atoms with Crippen LogP contribution in [0.1, 0.15) is 24.0 Å². The van der Waals surface area contributed by atoms with Crippen LogP contribution in [0.4, 0.5) is 0 Å². The molecule has 0 atom stereocenters. The van der Waals surface area contributed by atoms with Gasteiger partial charge in [-0.25, -0.2) is 0 Å². The van der Waals surface area contributed by atoms with Gasteiger partial charge in [0, 0.05) is 31.9 Å². The van der Waals surface area contributed by atoms with E-state index < -0.39 is 0 Å². The van der Waals surface area contributed by atoms with Crippen molar-refractivity contribution in [2.75, 3.05) is 33.4 Å². The zero-order valence-corrected chi connectivity index (χ0v) is 12.1. The van der Waals surface area contributed by atoms with Gasteiger partial charge in [0.15, 0.2) is 0 Å². The molecular formula is C17H23NO2. The molecule has 0 amide bonds. The molecule has 3 nitrogen and oxygen atoms in total. The zero-order chi connectivity index (χ0) is 14.2. The maximum Gasteiger partial charge on any atom is 0.104 e. The Morgan fingerprint density at radius 1 is 1.35 bits per heavy atom. The van der Waals surface area contributed by atoms with Crippen LogP contribution < -0.4 is 0 Å². The van der Waals surface area contributed by atoms with Gasteiger partial charge in [-0.2, -0.15) is 0 Å². The number of benzene rings is 1. The molecule has 1 fully saturated rings. The SMILES string of the molecule is CN(Cc1cccc(C#CCO)c1)CC1CCOCC1. The van der Waals surface area contributed by atoms with Gasteiger partial charge in [-0.15, -0.1) is 0 Å². The molecule has 0 radical (unpaired) electrons. The summed E-state index contributed by atoms with van der Waals surface area (Å²) in [7, 11) is 2.17. The molecule has 1 aliphatic heterocycles. The molecule has 1 aliphatic rings. The van der Waals surface area contributed by atoms with E-state index in [0.717, 1.165) is 37.8 Å². The van der Waals surface area contributed by atoms with E-state index in [1.165, 1.54) is 18.4 Å². The topological polar surface area (TPSA) is 32.7 Å². The van der Waals surface area contributed by atoms with Gasteiger partial charge in [0.2, 0.25) is 0 Å².